The quantitative estimate of drug-likeness (QED) is 0.769. The summed E-state index contributed by atoms with van der Waals surface area (Å²) in [6.07, 6.45) is 4.25. The van der Waals surface area contributed by atoms with Crippen LogP contribution in [0.2, 0.25) is 4.47 Å². The van der Waals surface area contributed by atoms with E-state index in [1.165, 1.54) is 17.7 Å². The van der Waals surface area contributed by atoms with E-state index in [0.717, 1.165) is 6.54 Å². The van der Waals surface area contributed by atoms with Crippen molar-refractivity contribution in [3.8, 4) is 0 Å². The van der Waals surface area contributed by atoms with Crippen LogP contribution in [-0.2, 0) is 5.41 Å². The minimum atomic E-state index is 0.255. The third-order valence-corrected chi connectivity index (χ3v) is 3.61. The van der Waals surface area contributed by atoms with Crippen LogP contribution in [-0.4, -0.2) is 11.5 Å². The van der Waals surface area contributed by atoms with Crippen LogP contribution in [0.1, 0.15) is 17.7 Å². The van der Waals surface area contributed by atoms with Crippen molar-refractivity contribution in [1.29, 1.82) is 0 Å². The van der Waals surface area contributed by atoms with Crippen molar-refractivity contribution >= 4 is 22.9 Å². The van der Waals surface area contributed by atoms with E-state index in [9.17, 15) is 0 Å². The molecule has 1 heterocycles. The van der Waals surface area contributed by atoms with Crippen LogP contribution in [0, 0.1) is 0 Å². The number of thiazole rings is 1. The van der Waals surface area contributed by atoms with Gasteiger partial charge in [0.2, 0.25) is 0 Å². The maximum absolute atomic E-state index is 5.72. The first-order valence-corrected chi connectivity index (χ1v) is 4.78. The highest BCUT2D eigenvalue weighted by Gasteiger charge is 2.44. The summed E-state index contributed by atoms with van der Waals surface area (Å²) in [5.74, 6) is 0. The Balaban J connectivity index is 2.29. The SMILES string of the molecule is NCC1(c2cnc(Cl)s2)CC1. The van der Waals surface area contributed by atoms with E-state index in [0.29, 0.717) is 4.47 Å². The van der Waals surface area contributed by atoms with Gasteiger partial charge in [-0.15, -0.1) is 11.3 Å². The number of aromatic nitrogens is 1. The van der Waals surface area contributed by atoms with Crippen molar-refractivity contribution in [3.05, 3.63) is 15.5 Å². The Kier molecular flexibility index (Phi) is 1.67. The summed E-state index contributed by atoms with van der Waals surface area (Å²) in [6, 6.07) is 0. The smallest absolute Gasteiger partial charge is 0.183 e. The third-order valence-electron chi connectivity index (χ3n) is 2.24. The van der Waals surface area contributed by atoms with E-state index in [1.54, 1.807) is 11.3 Å². The fourth-order valence-electron chi connectivity index (χ4n) is 1.20. The van der Waals surface area contributed by atoms with Gasteiger partial charge in [-0.05, 0) is 12.8 Å². The van der Waals surface area contributed by atoms with Crippen LogP contribution >= 0.6 is 22.9 Å². The second-order valence-electron chi connectivity index (χ2n) is 2.96. The zero-order valence-corrected chi connectivity index (χ0v) is 7.58. The zero-order valence-electron chi connectivity index (χ0n) is 6.01. The summed E-state index contributed by atoms with van der Waals surface area (Å²) in [5, 5.41) is 0. The van der Waals surface area contributed by atoms with E-state index in [-0.39, 0.29) is 5.41 Å². The van der Waals surface area contributed by atoms with Gasteiger partial charge in [-0.25, -0.2) is 4.98 Å². The number of hydrogen-bond donors (Lipinski definition) is 1. The van der Waals surface area contributed by atoms with Gasteiger partial charge in [-0.2, -0.15) is 0 Å². The van der Waals surface area contributed by atoms with Crippen molar-refractivity contribution in [2.75, 3.05) is 6.54 Å². The Hall–Kier alpha value is -0.120. The molecule has 0 amide bonds. The molecule has 4 heteroatoms. The van der Waals surface area contributed by atoms with Crippen LogP contribution in [0.4, 0.5) is 0 Å². The molecule has 11 heavy (non-hydrogen) atoms. The predicted octanol–water partition coefficient (Wildman–Crippen LogP) is 1.79. The minimum absolute atomic E-state index is 0.255. The second kappa shape index (κ2) is 2.44. The Labute approximate surface area is 74.4 Å². The van der Waals surface area contributed by atoms with Crippen LogP contribution < -0.4 is 5.73 Å². The first-order valence-electron chi connectivity index (χ1n) is 3.59. The molecule has 1 aliphatic rings. The average Bonchev–Trinajstić information content (AvgIpc) is 2.70. The highest BCUT2D eigenvalue weighted by Crippen LogP contribution is 2.49. The topological polar surface area (TPSA) is 38.9 Å². The van der Waals surface area contributed by atoms with Crippen LogP contribution in [0.5, 0.6) is 0 Å². The molecule has 0 saturated heterocycles. The molecule has 0 atom stereocenters. The molecular formula is C7H9ClN2S. The van der Waals surface area contributed by atoms with Gasteiger partial charge in [0.15, 0.2) is 4.47 Å². The maximum Gasteiger partial charge on any atom is 0.183 e. The van der Waals surface area contributed by atoms with Gasteiger partial charge >= 0.3 is 0 Å². The first kappa shape index (κ1) is 7.53. The molecule has 0 aliphatic heterocycles. The normalized spacial score (nSPS) is 20.2. The van der Waals surface area contributed by atoms with E-state index >= 15 is 0 Å². The predicted molar refractivity (Wildman–Crippen MR) is 47.1 cm³/mol. The van der Waals surface area contributed by atoms with Gasteiger partial charge < -0.3 is 5.73 Å². The maximum atomic E-state index is 5.72. The van der Waals surface area contributed by atoms with Crippen molar-refractivity contribution in [3.63, 3.8) is 0 Å². The Morgan fingerprint density at radius 3 is 2.82 bits per heavy atom. The number of nitrogens with zero attached hydrogens (tertiary/aromatic N) is 1. The van der Waals surface area contributed by atoms with E-state index < -0.39 is 0 Å². The number of rotatable bonds is 2. The number of hydrogen-bond acceptors (Lipinski definition) is 3. The van der Waals surface area contributed by atoms with Crippen molar-refractivity contribution in [2.24, 2.45) is 5.73 Å². The Morgan fingerprint density at radius 1 is 1.73 bits per heavy atom. The third kappa shape index (κ3) is 1.17. The van der Waals surface area contributed by atoms with Gasteiger partial charge in [0, 0.05) is 23.0 Å². The van der Waals surface area contributed by atoms with Crippen molar-refractivity contribution in [2.45, 2.75) is 18.3 Å². The summed E-state index contributed by atoms with van der Waals surface area (Å²) >= 11 is 7.27. The molecule has 0 spiro atoms. The second-order valence-corrected chi connectivity index (χ2v) is 4.57. The molecule has 60 valence electrons. The van der Waals surface area contributed by atoms with Gasteiger partial charge in [0.1, 0.15) is 0 Å². The minimum Gasteiger partial charge on any atom is -0.330 e. The molecule has 1 aromatic heterocycles. The average molecular weight is 189 g/mol. The van der Waals surface area contributed by atoms with Gasteiger partial charge in [0.05, 0.1) is 0 Å². The first-order chi connectivity index (χ1) is 5.27. The van der Waals surface area contributed by atoms with Crippen LogP contribution in [0.25, 0.3) is 0 Å². The Morgan fingerprint density at radius 2 is 2.45 bits per heavy atom. The van der Waals surface area contributed by atoms with E-state index in [2.05, 4.69) is 4.98 Å². The summed E-state index contributed by atoms with van der Waals surface area (Å²) < 4.78 is 0.625. The molecular weight excluding hydrogens is 180 g/mol. The van der Waals surface area contributed by atoms with Crippen LogP contribution in [0.15, 0.2) is 6.20 Å². The number of halogens is 1. The molecule has 0 aromatic carbocycles. The molecule has 0 bridgehead atoms. The molecule has 2 N–H and O–H groups in total. The largest absolute Gasteiger partial charge is 0.330 e. The standard InChI is InChI=1S/C7H9ClN2S/c8-6-10-3-5(11-6)7(4-9)1-2-7/h3H,1-2,4,9H2. The van der Waals surface area contributed by atoms with Gasteiger partial charge in [0.25, 0.3) is 0 Å². The number of nitrogens with two attached hydrogens (primary N) is 1. The molecule has 0 radical (unpaired) electrons. The zero-order chi connectivity index (χ0) is 7.90. The van der Waals surface area contributed by atoms with Gasteiger partial charge in [-0.1, -0.05) is 11.6 Å². The molecule has 1 aliphatic carbocycles. The summed E-state index contributed by atoms with van der Waals surface area (Å²) in [6.45, 7) is 0.728. The summed E-state index contributed by atoms with van der Waals surface area (Å²) in [5.41, 5.74) is 5.90. The summed E-state index contributed by atoms with van der Waals surface area (Å²) in [7, 11) is 0. The lowest BCUT2D eigenvalue weighted by Crippen LogP contribution is -2.18. The van der Waals surface area contributed by atoms with E-state index in [1.807, 2.05) is 6.20 Å². The van der Waals surface area contributed by atoms with Crippen molar-refractivity contribution in [1.82, 2.24) is 4.98 Å². The Bertz CT molecular complexity index is 267. The lowest BCUT2D eigenvalue weighted by Gasteiger charge is -2.06. The van der Waals surface area contributed by atoms with Crippen LogP contribution in [0.3, 0.4) is 0 Å². The van der Waals surface area contributed by atoms with Crippen molar-refractivity contribution < 1.29 is 0 Å². The van der Waals surface area contributed by atoms with Gasteiger partial charge in [-0.3, -0.25) is 0 Å². The lowest BCUT2D eigenvalue weighted by atomic mass is 10.1. The highest BCUT2D eigenvalue weighted by atomic mass is 35.5. The molecule has 1 fully saturated rings. The summed E-state index contributed by atoms with van der Waals surface area (Å²) in [4.78, 5) is 5.25. The molecule has 2 nitrogen and oxygen atoms in total. The van der Waals surface area contributed by atoms with E-state index in [4.69, 9.17) is 17.3 Å². The lowest BCUT2D eigenvalue weighted by molar-refractivity contribution is 0.718. The fourth-order valence-corrected chi connectivity index (χ4v) is 2.39. The fraction of sp³-hybridized carbons (Fsp3) is 0.571. The molecule has 1 aromatic rings. The molecule has 0 unspecified atom stereocenters. The molecule has 1 saturated carbocycles. The molecule has 2 rings (SSSR count). The monoisotopic (exact) mass is 188 g/mol. The highest BCUT2D eigenvalue weighted by molar-refractivity contribution is 7.15.